The predicted molar refractivity (Wildman–Crippen MR) is 60.3 cm³/mol. The van der Waals surface area contributed by atoms with E-state index in [0.717, 1.165) is 6.07 Å². The van der Waals surface area contributed by atoms with E-state index in [0.29, 0.717) is 5.56 Å². The zero-order chi connectivity index (χ0) is 14.1. The lowest BCUT2D eigenvalue weighted by Crippen LogP contribution is -2.24. The van der Waals surface area contributed by atoms with Crippen LogP contribution in [0.25, 0.3) is 0 Å². The summed E-state index contributed by atoms with van der Waals surface area (Å²) in [4.78, 5) is 14.5. The SMILES string of the molecule is COc1c(C(C)C)cc(C(=O)C(F)(F)F)nc1Cl. The second-order valence-electron chi connectivity index (χ2n) is 3.90. The van der Waals surface area contributed by atoms with E-state index >= 15 is 0 Å². The van der Waals surface area contributed by atoms with Crippen molar-refractivity contribution in [1.29, 1.82) is 0 Å². The highest BCUT2D eigenvalue weighted by Gasteiger charge is 2.41. The first kappa shape index (κ1) is 14.8. The van der Waals surface area contributed by atoms with Crippen molar-refractivity contribution < 1.29 is 22.7 Å². The molecule has 1 aromatic heterocycles. The predicted octanol–water partition coefficient (Wildman–Crippen LogP) is 3.61. The maximum atomic E-state index is 12.3. The average molecular weight is 282 g/mol. The van der Waals surface area contributed by atoms with Crippen LogP contribution in [0.1, 0.15) is 35.8 Å². The minimum Gasteiger partial charge on any atom is -0.493 e. The Morgan fingerprint density at radius 1 is 1.44 bits per heavy atom. The van der Waals surface area contributed by atoms with Crippen molar-refractivity contribution in [2.75, 3.05) is 7.11 Å². The van der Waals surface area contributed by atoms with Crippen LogP contribution in [0.2, 0.25) is 5.15 Å². The fourth-order valence-corrected chi connectivity index (χ4v) is 1.69. The quantitative estimate of drug-likeness (QED) is 0.627. The van der Waals surface area contributed by atoms with E-state index in [1.54, 1.807) is 13.8 Å². The number of alkyl halides is 3. The number of pyridine rings is 1. The van der Waals surface area contributed by atoms with Gasteiger partial charge in [-0.15, -0.1) is 0 Å². The van der Waals surface area contributed by atoms with Crippen LogP contribution in [0.3, 0.4) is 0 Å². The van der Waals surface area contributed by atoms with E-state index in [-0.39, 0.29) is 16.8 Å². The molecule has 0 saturated heterocycles. The molecule has 0 aliphatic rings. The molecule has 0 radical (unpaired) electrons. The average Bonchev–Trinajstić information content (AvgIpc) is 2.25. The summed E-state index contributed by atoms with van der Waals surface area (Å²) in [5, 5.41) is -0.253. The standard InChI is InChI=1S/C11H11ClF3NO2/c1-5(2)6-4-7(9(17)11(13,14)15)16-10(12)8(6)18-3/h4-5H,1-3H3. The van der Waals surface area contributed by atoms with E-state index in [2.05, 4.69) is 4.98 Å². The van der Waals surface area contributed by atoms with Crippen LogP contribution in [0.5, 0.6) is 5.75 Å². The molecule has 0 unspecified atom stereocenters. The maximum absolute atomic E-state index is 12.3. The summed E-state index contributed by atoms with van der Waals surface area (Å²) in [5.41, 5.74) is -0.317. The lowest BCUT2D eigenvalue weighted by molar-refractivity contribution is -0.0888. The third-order valence-electron chi connectivity index (χ3n) is 2.28. The topological polar surface area (TPSA) is 39.2 Å². The van der Waals surface area contributed by atoms with E-state index < -0.39 is 17.7 Å². The van der Waals surface area contributed by atoms with Gasteiger partial charge >= 0.3 is 6.18 Å². The fourth-order valence-electron chi connectivity index (χ4n) is 1.41. The monoisotopic (exact) mass is 281 g/mol. The Kier molecular flexibility index (Phi) is 4.21. The van der Waals surface area contributed by atoms with Crippen molar-refractivity contribution in [1.82, 2.24) is 4.98 Å². The molecule has 0 aliphatic heterocycles. The van der Waals surface area contributed by atoms with E-state index in [1.807, 2.05) is 0 Å². The molecule has 100 valence electrons. The number of aromatic nitrogens is 1. The van der Waals surface area contributed by atoms with Gasteiger partial charge in [-0.2, -0.15) is 13.2 Å². The summed E-state index contributed by atoms with van der Waals surface area (Å²) in [7, 11) is 1.33. The molecule has 1 heterocycles. The highest BCUT2D eigenvalue weighted by Crippen LogP contribution is 2.34. The second-order valence-corrected chi connectivity index (χ2v) is 4.26. The van der Waals surface area contributed by atoms with Gasteiger partial charge in [-0.3, -0.25) is 4.79 Å². The Bertz CT molecular complexity index is 472. The first-order valence-electron chi connectivity index (χ1n) is 5.04. The molecule has 0 N–H and O–H groups in total. The Morgan fingerprint density at radius 2 is 2.00 bits per heavy atom. The summed E-state index contributed by atoms with van der Waals surface area (Å²) < 4.78 is 41.9. The molecule has 0 bridgehead atoms. The van der Waals surface area contributed by atoms with Gasteiger partial charge in [0.2, 0.25) is 0 Å². The first-order valence-corrected chi connectivity index (χ1v) is 5.42. The van der Waals surface area contributed by atoms with Crippen LogP contribution >= 0.6 is 11.6 Å². The van der Waals surface area contributed by atoms with Gasteiger partial charge in [-0.1, -0.05) is 25.4 Å². The number of halogens is 4. The highest BCUT2D eigenvalue weighted by atomic mass is 35.5. The number of ether oxygens (including phenoxy) is 1. The minimum absolute atomic E-state index is 0.153. The van der Waals surface area contributed by atoms with Gasteiger partial charge in [0.1, 0.15) is 5.69 Å². The van der Waals surface area contributed by atoms with Crippen LogP contribution in [0.15, 0.2) is 6.07 Å². The van der Waals surface area contributed by atoms with Crippen molar-refractivity contribution in [3.8, 4) is 5.75 Å². The molecule has 18 heavy (non-hydrogen) atoms. The van der Waals surface area contributed by atoms with Gasteiger partial charge in [0.15, 0.2) is 10.9 Å². The summed E-state index contributed by atoms with van der Waals surface area (Å²) >= 11 is 5.72. The number of Topliss-reactive ketones (excluding diaryl/α,β-unsaturated/α-hetero) is 1. The Balaban J connectivity index is 3.38. The third-order valence-corrected chi connectivity index (χ3v) is 2.53. The Hall–Kier alpha value is -1.30. The smallest absolute Gasteiger partial charge is 0.456 e. The van der Waals surface area contributed by atoms with E-state index in [4.69, 9.17) is 16.3 Å². The number of ketones is 1. The van der Waals surface area contributed by atoms with Crippen molar-refractivity contribution in [2.24, 2.45) is 0 Å². The molecular formula is C11H11ClF3NO2. The summed E-state index contributed by atoms with van der Waals surface area (Å²) in [6.45, 7) is 3.49. The normalized spacial score (nSPS) is 11.8. The van der Waals surface area contributed by atoms with E-state index in [1.165, 1.54) is 7.11 Å². The number of carbonyl (C=O) groups excluding carboxylic acids is 1. The zero-order valence-corrected chi connectivity index (χ0v) is 10.7. The van der Waals surface area contributed by atoms with Crippen LogP contribution in [0.4, 0.5) is 13.2 Å². The van der Waals surface area contributed by atoms with Gasteiger partial charge in [-0.25, -0.2) is 4.98 Å². The molecule has 1 aromatic rings. The molecule has 3 nitrogen and oxygen atoms in total. The van der Waals surface area contributed by atoms with Crippen molar-refractivity contribution >= 4 is 17.4 Å². The number of carbonyl (C=O) groups is 1. The van der Waals surface area contributed by atoms with Crippen LogP contribution in [0, 0.1) is 0 Å². The molecule has 0 atom stereocenters. The van der Waals surface area contributed by atoms with Crippen LogP contribution < -0.4 is 4.74 Å². The lowest BCUT2D eigenvalue weighted by atomic mass is 10.0. The minimum atomic E-state index is -4.97. The van der Waals surface area contributed by atoms with Gasteiger partial charge in [-0.05, 0) is 12.0 Å². The summed E-state index contributed by atoms with van der Waals surface area (Å²) in [5.74, 6) is -1.99. The van der Waals surface area contributed by atoms with Gasteiger partial charge < -0.3 is 4.74 Å². The molecule has 0 saturated carbocycles. The van der Waals surface area contributed by atoms with Crippen LogP contribution in [-0.4, -0.2) is 24.1 Å². The van der Waals surface area contributed by atoms with Gasteiger partial charge in [0.25, 0.3) is 5.78 Å². The maximum Gasteiger partial charge on any atom is 0.456 e. The van der Waals surface area contributed by atoms with Crippen molar-refractivity contribution in [3.63, 3.8) is 0 Å². The number of rotatable bonds is 3. The number of hydrogen-bond donors (Lipinski definition) is 0. The van der Waals surface area contributed by atoms with E-state index in [9.17, 15) is 18.0 Å². The molecule has 0 aromatic carbocycles. The molecular weight excluding hydrogens is 271 g/mol. The molecule has 0 aliphatic carbocycles. The van der Waals surface area contributed by atoms with Gasteiger partial charge in [0, 0.05) is 5.56 Å². The number of methoxy groups -OCH3 is 1. The molecule has 7 heteroatoms. The molecule has 0 amide bonds. The first-order chi connectivity index (χ1) is 8.18. The summed E-state index contributed by atoms with van der Waals surface area (Å²) in [6, 6.07) is 1.06. The second kappa shape index (κ2) is 5.14. The van der Waals surface area contributed by atoms with Crippen molar-refractivity contribution in [3.05, 3.63) is 22.5 Å². The third kappa shape index (κ3) is 2.93. The molecule has 0 spiro atoms. The highest BCUT2D eigenvalue weighted by molar-refractivity contribution is 6.31. The largest absolute Gasteiger partial charge is 0.493 e. The summed E-state index contributed by atoms with van der Waals surface area (Å²) in [6.07, 6.45) is -4.97. The number of hydrogen-bond acceptors (Lipinski definition) is 3. The fraction of sp³-hybridized carbons (Fsp3) is 0.455. The molecule has 0 fully saturated rings. The zero-order valence-electron chi connectivity index (χ0n) is 9.93. The Labute approximate surface area is 107 Å². The van der Waals surface area contributed by atoms with Crippen LogP contribution in [-0.2, 0) is 0 Å². The molecule has 1 rings (SSSR count). The van der Waals surface area contributed by atoms with Crippen molar-refractivity contribution in [2.45, 2.75) is 25.9 Å². The number of nitrogens with zero attached hydrogens (tertiary/aromatic N) is 1. The Morgan fingerprint density at radius 3 is 2.39 bits per heavy atom. The lowest BCUT2D eigenvalue weighted by Gasteiger charge is -2.14. The van der Waals surface area contributed by atoms with Gasteiger partial charge in [0.05, 0.1) is 7.11 Å².